The maximum absolute atomic E-state index is 12.9. The summed E-state index contributed by atoms with van der Waals surface area (Å²) in [6, 6.07) is 10.3. The number of amides is 1. The van der Waals surface area contributed by atoms with E-state index in [1.165, 1.54) is 22.6 Å². The molecule has 1 aliphatic heterocycles. The van der Waals surface area contributed by atoms with Gasteiger partial charge in [-0.1, -0.05) is 26.0 Å². The predicted molar refractivity (Wildman–Crippen MR) is 110 cm³/mol. The summed E-state index contributed by atoms with van der Waals surface area (Å²) in [5.74, 6) is 0.117. The molecule has 1 saturated heterocycles. The van der Waals surface area contributed by atoms with Crippen LogP contribution in [-0.2, 0) is 10.0 Å². The second-order valence-electron chi connectivity index (χ2n) is 7.14. The van der Waals surface area contributed by atoms with E-state index < -0.39 is 10.0 Å². The maximum Gasteiger partial charge on any atom is 0.264 e. The molecule has 3 rings (SSSR count). The van der Waals surface area contributed by atoms with Gasteiger partial charge in [0.25, 0.3) is 5.91 Å². The number of nitrogens with zero attached hydrogens (tertiary/aromatic N) is 2. The fourth-order valence-electron chi connectivity index (χ4n) is 3.10. The van der Waals surface area contributed by atoms with Crippen LogP contribution in [0.5, 0.6) is 0 Å². The Morgan fingerprint density at radius 2 is 1.50 bits per heavy atom. The molecule has 0 spiro atoms. The fraction of sp³-hybridized carbons (Fsp3) is 0.400. The predicted octanol–water partition coefficient (Wildman–Crippen LogP) is 3.22. The quantitative estimate of drug-likeness (QED) is 0.696. The van der Waals surface area contributed by atoms with Crippen molar-refractivity contribution in [3.63, 3.8) is 0 Å². The molecule has 0 N–H and O–H groups in total. The van der Waals surface area contributed by atoms with Crippen LogP contribution >= 0.6 is 11.3 Å². The molecule has 6 nitrogen and oxygen atoms in total. The monoisotopic (exact) mass is 420 g/mol. The average molecular weight is 421 g/mol. The second-order valence-corrected chi connectivity index (χ2v) is 10.2. The molecule has 2 heterocycles. The highest BCUT2D eigenvalue weighted by atomic mass is 32.2. The van der Waals surface area contributed by atoms with E-state index in [0.29, 0.717) is 28.8 Å². The Kier molecular flexibility index (Phi) is 6.02. The lowest BCUT2D eigenvalue weighted by Gasteiger charge is -2.33. The van der Waals surface area contributed by atoms with Crippen LogP contribution in [-0.4, -0.2) is 55.5 Å². The van der Waals surface area contributed by atoms with E-state index in [9.17, 15) is 18.0 Å². The fourth-order valence-corrected chi connectivity index (χ4v) is 5.39. The van der Waals surface area contributed by atoms with Crippen molar-refractivity contribution in [3.05, 3.63) is 51.7 Å². The molecule has 0 radical (unpaired) electrons. The Morgan fingerprint density at radius 3 is 2.00 bits per heavy atom. The van der Waals surface area contributed by atoms with Crippen molar-refractivity contribution in [1.29, 1.82) is 0 Å². The van der Waals surface area contributed by atoms with E-state index in [1.807, 2.05) is 12.1 Å². The van der Waals surface area contributed by atoms with Crippen molar-refractivity contribution >= 4 is 33.1 Å². The molecule has 0 bridgehead atoms. The molecule has 0 saturated carbocycles. The number of hydrogen-bond acceptors (Lipinski definition) is 5. The van der Waals surface area contributed by atoms with Gasteiger partial charge < -0.3 is 4.90 Å². The molecular weight excluding hydrogens is 396 g/mol. The molecule has 0 unspecified atom stereocenters. The number of rotatable bonds is 5. The molecule has 1 aromatic carbocycles. The topological polar surface area (TPSA) is 74.8 Å². The van der Waals surface area contributed by atoms with Crippen molar-refractivity contribution < 1.29 is 18.0 Å². The lowest BCUT2D eigenvalue weighted by molar-refractivity contribution is 0.0702. The van der Waals surface area contributed by atoms with Gasteiger partial charge in [0, 0.05) is 26.2 Å². The highest BCUT2D eigenvalue weighted by molar-refractivity contribution is 7.89. The minimum absolute atomic E-state index is 0.0663. The number of ketones is 1. The number of carbonyl (C=O) groups is 2. The maximum atomic E-state index is 12.9. The summed E-state index contributed by atoms with van der Waals surface area (Å²) in [6.07, 6.45) is 0. The third-order valence-corrected chi connectivity index (χ3v) is 7.96. The Hall–Kier alpha value is -2.03. The van der Waals surface area contributed by atoms with Gasteiger partial charge >= 0.3 is 0 Å². The summed E-state index contributed by atoms with van der Waals surface area (Å²) in [7, 11) is -3.57. The minimum Gasteiger partial charge on any atom is -0.335 e. The third-order valence-electron chi connectivity index (χ3n) is 4.87. The van der Waals surface area contributed by atoms with Gasteiger partial charge in [-0.3, -0.25) is 9.59 Å². The lowest BCUT2D eigenvalue weighted by Crippen LogP contribution is -2.50. The van der Waals surface area contributed by atoms with Crippen molar-refractivity contribution in [1.82, 2.24) is 9.21 Å². The number of hydrogen-bond donors (Lipinski definition) is 0. The average Bonchev–Trinajstić information content (AvgIpc) is 3.18. The molecule has 1 fully saturated rings. The highest BCUT2D eigenvalue weighted by Gasteiger charge is 2.31. The normalized spacial score (nSPS) is 15.8. The largest absolute Gasteiger partial charge is 0.335 e. The molecule has 28 heavy (non-hydrogen) atoms. The molecule has 8 heteroatoms. The number of carbonyl (C=O) groups excluding carboxylic acids is 2. The third kappa shape index (κ3) is 4.19. The van der Waals surface area contributed by atoms with Crippen LogP contribution in [0.2, 0.25) is 0 Å². The molecule has 1 aromatic heterocycles. The summed E-state index contributed by atoms with van der Waals surface area (Å²) in [6.45, 7) is 6.76. The van der Waals surface area contributed by atoms with Crippen molar-refractivity contribution in [2.45, 2.75) is 31.6 Å². The standard InChI is InChI=1S/C20H24N2O4S2/c1-14(2)16-4-6-17(7-5-16)28(25,26)22-12-10-21(11-13-22)20(24)19-9-8-18(27-19)15(3)23/h4-9,14H,10-13H2,1-3H3. The van der Waals surface area contributed by atoms with Gasteiger partial charge in [-0.2, -0.15) is 4.31 Å². The summed E-state index contributed by atoms with van der Waals surface area (Å²) < 4.78 is 27.2. The van der Waals surface area contributed by atoms with Crippen LogP contribution in [0.4, 0.5) is 0 Å². The molecule has 0 atom stereocenters. The first-order valence-electron chi connectivity index (χ1n) is 9.20. The number of thiophene rings is 1. The van der Waals surface area contributed by atoms with Crippen LogP contribution in [0.3, 0.4) is 0 Å². The van der Waals surface area contributed by atoms with Gasteiger partial charge in [-0.15, -0.1) is 11.3 Å². The van der Waals surface area contributed by atoms with Crippen molar-refractivity contribution in [3.8, 4) is 0 Å². The lowest BCUT2D eigenvalue weighted by atomic mass is 10.0. The van der Waals surface area contributed by atoms with Crippen LogP contribution < -0.4 is 0 Å². The Morgan fingerprint density at radius 1 is 0.929 bits per heavy atom. The van der Waals surface area contributed by atoms with E-state index in [4.69, 9.17) is 0 Å². The molecular formula is C20H24N2O4S2. The summed E-state index contributed by atoms with van der Waals surface area (Å²) >= 11 is 1.18. The molecule has 150 valence electrons. The van der Waals surface area contributed by atoms with Crippen LogP contribution in [0.1, 0.15) is 51.6 Å². The van der Waals surface area contributed by atoms with Crippen molar-refractivity contribution in [2.24, 2.45) is 0 Å². The Bertz CT molecular complexity index is 970. The first kappa shape index (κ1) is 20.7. The van der Waals surface area contributed by atoms with Crippen LogP contribution in [0.25, 0.3) is 0 Å². The zero-order chi connectivity index (χ0) is 20.5. The minimum atomic E-state index is -3.57. The zero-order valence-corrected chi connectivity index (χ0v) is 17.8. The van der Waals surface area contributed by atoms with E-state index in [-0.39, 0.29) is 29.7 Å². The first-order chi connectivity index (χ1) is 13.2. The Labute approximate surface area is 169 Å². The van der Waals surface area contributed by atoms with Gasteiger partial charge in [-0.25, -0.2) is 8.42 Å². The van der Waals surface area contributed by atoms with Gasteiger partial charge in [0.15, 0.2) is 5.78 Å². The summed E-state index contributed by atoms with van der Waals surface area (Å²) in [4.78, 5) is 27.0. The molecule has 1 aliphatic rings. The number of benzene rings is 1. The summed E-state index contributed by atoms with van der Waals surface area (Å²) in [5, 5.41) is 0. The molecule has 2 aromatic rings. The SMILES string of the molecule is CC(=O)c1ccc(C(=O)N2CCN(S(=O)(=O)c3ccc(C(C)C)cc3)CC2)s1. The van der Waals surface area contributed by atoms with Gasteiger partial charge in [-0.05, 0) is 42.7 Å². The van der Waals surface area contributed by atoms with E-state index >= 15 is 0 Å². The number of sulfonamides is 1. The van der Waals surface area contributed by atoms with Gasteiger partial charge in [0.2, 0.25) is 10.0 Å². The number of piperazine rings is 1. The Balaban J connectivity index is 1.66. The van der Waals surface area contributed by atoms with E-state index in [2.05, 4.69) is 13.8 Å². The second kappa shape index (κ2) is 8.14. The van der Waals surface area contributed by atoms with Crippen LogP contribution in [0, 0.1) is 0 Å². The van der Waals surface area contributed by atoms with Gasteiger partial charge in [0.1, 0.15) is 0 Å². The highest BCUT2D eigenvalue weighted by Crippen LogP contribution is 2.23. The summed E-state index contributed by atoms with van der Waals surface area (Å²) in [5.41, 5.74) is 1.09. The zero-order valence-electron chi connectivity index (χ0n) is 16.2. The first-order valence-corrected chi connectivity index (χ1v) is 11.5. The van der Waals surface area contributed by atoms with E-state index in [1.54, 1.807) is 29.2 Å². The molecule has 1 amide bonds. The number of Topliss-reactive ketones (excluding diaryl/α,β-unsaturated/α-hetero) is 1. The smallest absolute Gasteiger partial charge is 0.264 e. The van der Waals surface area contributed by atoms with E-state index in [0.717, 1.165) is 5.56 Å². The molecule has 0 aliphatic carbocycles. The van der Waals surface area contributed by atoms with Crippen molar-refractivity contribution in [2.75, 3.05) is 26.2 Å². The van der Waals surface area contributed by atoms with Gasteiger partial charge in [0.05, 0.1) is 14.6 Å². The van der Waals surface area contributed by atoms with Crippen LogP contribution in [0.15, 0.2) is 41.3 Å².